The fraction of sp³-hybridized carbons (Fsp3) is 0.0769. The molecule has 0 saturated carbocycles. The average molecular weight is 501 g/mol. The van der Waals surface area contributed by atoms with Gasteiger partial charge in [-0.15, -0.1) is 0 Å². The summed E-state index contributed by atoms with van der Waals surface area (Å²) in [5.41, 5.74) is 2.88. The number of benzene rings is 2. The molecule has 2 aromatic carbocycles. The zero-order chi connectivity index (χ0) is 24.3. The molecular formula is C26H17ClN4O3S. The Morgan fingerprint density at radius 1 is 1.03 bits per heavy atom. The molecular weight excluding hydrogens is 484 g/mol. The number of rotatable bonds is 3. The number of imidazole rings is 1. The third kappa shape index (κ3) is 3.33. The summed E-state index contributed by atoms with van der Waals surface area (Å²) in [5.74, 6) is -1.81. The van der Waals surface area contributed by atoms with E-state index >= 15 is 0 Å². The standard InChI is InChI=1S/C26H17ClN4O3S/c1-14-21(30-12-6-5-9-19(30)28-14)23(32)20-22(15-7-3-2-4-8-15)31(25(34)24(20)33)26-29-17-11-10-16(27)13-18(17)35-26/h2-13,22,32H,1H3/b23-20+. The molecule has 1 unspecified atom stereocenters. The Kier molecular flexibility index (Phi) is 4.94. The lowest BCUT2D eigenvalue weighted by atomic mass is 9.96. The number of aryl methyl sites for hydroxylation is 1. The van der Waals surface area contributed by atoms with Crippen LogP contribution in [0.1, 0.15) is 23.0 Å². The lowest BCUT2D eigenvalue weighted by Gasteiger charge is -2.22. The highest BCUT2D eigenvalue weighted by atomic mass is 35.5. The van der Waals surface area contributed by atoms with Gasteiger partial charge in [-0.3, -0.25) is 18.9 Å². The molecule has 0 spiro atoms. The predicted molar refractivity (Wildman–Crippen MR) is 136 cm³/mol. The Labute approximate surface area is 208 Å². The number of nitrogens with zero attached hydrogens (tertiary/aromatic N) is 4. The number of hydrogen-bond acceptors (Lipinski definition) is 6. The van der Waals surface area contributed by atoms with Gasteiger partial charge < -0.3 is 5.11 Å². The molecule has 1 saturated heterocycles. The van der Waals surface area contributed by atoms with Crippen LogP contribution in [0.4, 0.5) is 5.13 Å². The highest BCUT2D eigenvalue weighted by Gasteiger charge is 2.48. The number of hydrogen-bond donors (Lipinski definition) is 1. The van der Waals surface area contributed by atoms with E-state index in [2.05, 4.69) is 9.97 Å². The summed E-state index contributed by atoms with van der Waals surface area (Å²) in [4.78, 5) is 37.3. The van der Waals surface area contributed by atoms with Crippen molar-refractivity contribution in [3.05, 3.63) is 100 Å². The van der Waals surface area contributed by atoms with Crippen molar-refractivity contribution in [2.75, 3.05) is 4.90 Å². The Morgan fingerprint density at radius 3 is 2.60 bits per heavy atom. The number of aromatic nitrogens is 3. The zero-order valence-corrected chi connectivity index (χ0v) is 19.9. The summed E-state index contributed by atoms with van der Waals surface area (Å²) in [7, 11) is 0. The van der Waals surface area contributed by atoms with Crippen molar-refractivity contribution in [2.45, 2.75) is 13.0 Å². The van der Waals surface area contributed by atoms with E-state index in [9.17, 15) is 14.7 Å². The number of Topliss-reactive ketones (excluding diaryl/α,β-unsaturated/α-hetero) is 1. The van der Waals surface area contributed by atoms with Gasteiger partial charge in [-0.05, 0) is 42.8 Å². The Morgan fingerprint density at radius 2 is 1.80 bits per heavy atom. The molecule has 1 amide bonds. The molecule has 9 heteroatoms. The van der Waals surface area contributed by atoms with Gasteiger partial charge in [0.1, 0.15) is 11.3 Å². The summed E-state index contributed by atoms with van der Waals surface area (Å²) in [6.07, 6.45) is 1.76. The monoisotopic (exact) mass is 500 g/mol. The van der Waals surface area contributed by atoms with Gasteiger partial charge in [0.2, 0.25) is 0 Å². The second-order valence-electron chi connectivity index (χ2n) is 8.16. The van der Waals surface area contributed by atoms with Gasteiger partial charge >= 0.3 is 5.91 Å². The van der Waals surface area contributed by atoms with Gasteiger partial charge in [0.25, 0.3) is 5.78 Å². The number of thiazole rings is 1. The highest BCUT2D eigenvalue weighted by molar-refractivity contribution is 7.22. The molecule has 7 nitrogen and oxygen atoms in total. The van der Waals surface area contributed by atoms with Crippen LogP contribution in [0.5, 0.6) is 0 Å². The van der Waals surface area contributed by atoms with E-state index in [-0.39, 0.29) is 11.3 Å². The van der Waals surface area contributed by atoms with Crippen molar-refractivity contribution < 1.29 is 14.7 Å². The smallest absolute Gasteiger partial charge is 0.301 e. The van der Waals surface area contributed by atoms with Crippen molar-refractivity contribution in [1.82, 2.24) is 14.4 Å². The minimum atomic E-state index is -0.860. The molecule has 0 radical (unpaired) electrons. The van der Waals surface area contributed by atoms with Crippen molar-refractivity contribution in [3.63, 3.8) is 0 Å². The van der Waals surface area contributed by atoms with Crippen molar-refractivity contribution in [1.29, 1.82) is 0 Å². The van der Waals surface area contributed by atoms with Crippen LogP contribution in [0.2, 0.25) is 5.02 Å². The maximum Gasteiger partial charge on any atom is 0.301 e. The van der Waals surface area contributed by atoms with Gasteiger partial charge in [0.05, 0.1) is 27.5 Å². The number of pyridine rings is 1. The van der Waals surface area contributed by atoms with Gasteiger partial charge in [-0.1, -0.05) is 59.3 Å². The Balaban J connectivity index is 1.61. The molecule has 1 aliphatic heterocycles. The van der Waals surface area contributed by atoms with E-state index < -0.39 is 17.7 Å². The van der Waals surface area contributed by atoms with Crippen LogP contribution in [0.15, 0.2) is 78.5 Å². The van der Waals surface area contributed by atoms with E-state index in [1.807, 2.05) is 48.5 Å². The molecule has 1 atom stereocenters. The van der Waals surface area contributed by atoms with Gasteiger partial charge in [0.15, 0.2) is 10.9 Å². The Bertz CT molecular complexity index is 1690. The van der Waals surface area contributed by atoms with Crippen LogP contribution in [0.25, 0.3) is 21.6 Å². The van der Waals surface area contributed by atoms with E-state index in [1.165, 1.54) is 16.2 Å². The largest absolute Gasteiger partial charge is 0.505 e. The summed E-state index contributed by atoms with van der Waals surface area (Å²) in [5, 5.41) is 12.4. The molecule has 5 aromatic rings. The first kappa shape index (κ1) is 21.5. The van der Waals surface area contributed by atoms with Crippen LogP contribution < -0.4 is 4.90 Å². The normalized spacial score (nSPS) is 17.7. The lowest BCUT2D eigenvalue weighted by Crippen LogP contribution is -2.29. The second-order valence-corrected chi connectivity index (χ2v) is 9.61. The molecule has 1 fully saturated rings. The number of aliphatic hydroxyl groups is 1. The molecule has 6 rings (SSSR count). The van der Waals surface area contributed by atoms with Crippen molar-refractivity contribution in [2.24, 2.45) is 0 Å². The Hall–Kier alpha value is -4.01. The minimum Gasteiger partial charge on any atom is -0.505 e. The van der Waals surface area contributed by atoms with E-state index in [0.29, 0.717) is 38.3 Å². The second kappa shape index (κ2) is 8.04. The topological polar surface area (TPSA) is 87.8 Å². The third-order valence-electron chi connectivity index (χ3n) is 6.03. The molecule has 4 heterocycles. The zero-order valence-electron chi connectivity index (χ0n) is 18.3. The van der Waals surface area contributed by atoms with Crippen LogP contribution in [-0.4, -0.2) is 31.2 Å². The molecule has 172 valence electrons. The van der Waals surface area contributed by atoms with Crippen LogP contribution >= 0.6 is 22.9 Å². The molecule has 35 heavy (non-hydrogen) atoms. The number of aliphatic hydroxyl groups excluding tert-OH is 1. The van der Waals surface area contributed by atoms with Crippen molar-refractivity contribution >= 4 is 61.4 Å². The van der Waals surface area contributed by atoms with Crippen LogP contribution in [0.3, 0.4) is 0 Å². The maximum absolute atomic E-state index is 13.4. The maximum atomic E-state index is 13.4. The fourth-order valence-corrected chi connectivity index (χ4v) is 5.76. The van der Waals surface area contributed by atoms with E-state index in [1.54, 1.807) is 35.7 Å². The minimum absolute atomic E-state index is 0.00718. The number of halogens is 1. The SMILES string of the molecule is Cc1nc2ccccn2c1/C(O)=C1\C(=O)C(=O)N(c2nc3ccc(Cl)cc3s2)C1c1ccccc1. The van der Waals surface area contributed by atoms with E-state index in [4.69, 9.17) is 11.6 Å². The van der Waals surface area contributed by atoms with Crippen LogP contribution in [0, 0.1) is 6.92 Å². The molecule has 1 aliphatic rings. The molecule has 0 bridgehead atoms. The average Bonchev–Trinajstić information content (AvgIpc) is 3.50. The number of ketones is 1. The van der Waals surface area contributed by atoms with Gasteiger partial charge in [0, 0.05) is 11.2 Å². The summed E-state index contributed by atoms with van der Waals surface area (Å²) in [6.45, 7) is 1.76. The lowest BCUT2D eigenvalue weighted by molar-refractivity contribution is -0.132. The highest BCUT2D eigenvalue weighted by Crippen LogP contribution is 2.44. The number of fused-ring (bicyclic) bond motifs is 2. The number of anilines is 1. The first-order chi connectivity index (χ1) is 16.9. The number of carbonyl (C=O) groups is 2. The number of amides is 1. The van der Waals surface area contributed by atoms with Crippen LogP contribution in [-0.2, 0) is 9.59 Å². The number of carbonyl (C=O) groups excluding carboxylic acids is 2. The van der Waals surface area contributed by atoms with Gasteiger partial charge in [-0.2, -0.15) is 0 Å². The van der Waals surface area contributed by atoms with Gasteiger partial charge in [-0.25, -0.2) is 9.97 Å². The molecule has 1 N–H and O–H groups in total. The summed E-state index contributed by atoms with van der Waals surface area (Å²) < 4.78 is 2.50. The van der Waals surface area contributed by atoms with E-state index in [0.717, 1.165) is 4.70 Å². The fourth-order valence-electron chi connectivity index (χ4n) is 4.50. The predicted octanol–water partition coefficient (Wildman–Crippen LogP) is 5.53. The quantitative estimate of drug-likeness (QED) is 0.200. The molecule has 3 aromatic heterocycles. The first-order valence-electron chi connectivity index (χ1n) is 10.8. The third-order valence-corrected chi connectivity index (χ3v) is 7.29. The van der Waals surface area contributed by atoms with Crippen molar-refractivity contribution in [3.8, 4) is 0 Å². The first-order valence-corrected chi connectivity index (χ1v) is 12.0. The summed E-state index contributed by atoms with van der Waals surface area (Å²) >= 11 is 7.41. The summed E-state index contributed by atoms with van der Waals surface area (Å²) in [6, 6.07) is 19.0. The molecule has 0 aliphatic carbocycles.